The number of aliphatic hydroxyl groups is 2. The van der Waals surface area contributed by atoms with Gasteiger partial charge in [0, 0.05) is 4.48 Å². The molecule has 2 aromatic heterocycles. The van der Waals surface area contributed by atoms with Crippen molar-refractivity contribution in [3.63, 3.8) is 0 Å². The molecule has 1 saturated heterocycles. The molecule has 0 aliphatic carbocycles. The molecule has 2 aromatic rings. The normalized spacial score (nSPS) is 30.2. The van der Waals surface area contributed by atoms with Crippen LogP contribution in [0.5, 0.6) is 0 Å². The number of rotatable bonds is 2. The van der Waals surface area contributed by atoms with E-state index in [1.807, 2.05) is 0 Å². The Morgan fingerprint density at radius 2 is 2.10 bits per heavy atom. The lowest BCUT2D eigenvalue weighted by atomic mass is 10.1. The molecule has 4 atom stereocenters. The maximum Gasteiger partial charge on any atom is 0.167 e. The minimum atomic E-state index is -1.14. The van der Waals surface area contributed by atoms with E-state index in [9.17, 15) is 10.2 Å². The van der Waals surface area contributed by atoms with Crippen LogP contribution in [0, 0.1) is 0 Å². The number of nitrogens with two attached hydrogens (primary N) is 1. The van der Waals surface area contributed by atoms with Crippen molar-refractivity contribution < 1.29 is 14.9 Å². The van der Waals surface area contributed by atoms with E-state index in [4.69, 9.17) is 10.5 Å². The van der Waals surface area contributed by atoms with Crippen LogP contribution in [0.2, 0.25) is 0 Å². The topological polar surface area (TPSA) is 119 Å². The molecular weight excluding hydrogens is 410 g/mol. The molecule has 1 aliphatic heterocycles. The van der Waals surface area contributed by atoms with Gasteiger partial charge in [0.1, 0.15) is 30.2 Å². The van der Waals surface area contributed by atoms with E-state index >= 15 is 0 Å². The highest BCUT2D eigenvalue weighted by Gasteiger charge is 2.45. The number of aromatic nitrogens is 4. The Morgan fingerprint density at radius 3 is 2.81 bits per heavy atom. The van der Waals surface area contributed by atoms with Crippen LogP contribution >= 0.6 is 31.9 Å². The average molecular weight is 421 g/mol. The van der Waals surface area contributed by atoms with Gasteiger partial charge in [0.25, 0.3) is 0 Å². The number of fused-ring (bicyclic) bond motifs is 1. The zero-order valence-corrected chi connectivity index (χ0v) is 13.6. The molecule has 0 bridgehead atoms. The highest BCUT2D eigenvalue weighted by molar-refractivity contribution is 9.14. The quantitative estimate of drug-likeness (QED) is 0.652. The molecule has 1 aliphatic rings. The Labute approximate surface area is 135 Å². The van der Waals surface area contributed by atoms with Crippen LogP contribution in [0.3, 0.4) is 0 Å². The molecular formula is C11H11Br2N5O3. The molecule has 0 radical (unpaired) electrons. The van der Waals surface area contributed by atoms with Crippen molar-refractivity contribution in [2.45, 2.75) is 24.5 Å². The maximum absolute atomic E-state index is 10.2. The largest absolute Gasteiger partial charge is 0.387 e. The number of anilines is 1. The fraction of sp³-hybridized carbons (Fsp3) is 0.364. The van der Waals surface area contributed by atoms with Gasteiger partial charge in [-0.15, -0.1) is 0 Å². The van der Waals surface area contributed by atoms with Crippen LogP contribution in [-0.2, 0) is 4.74 Å². The lowest BCUT2D eigenvalue weighted by Gasteiger charge is -2.16. The van der Waals surface area contributed by atoms with E-state index in [1.165, 1.54) is 17.2 Å². The van der Waals surface area contributed by atoms with Gasteiger partial charge < -0.3 is 20.7 Å². The number of hydrogen-bond donors (Lipinski definition) is 3. The van der Waals surface area contributed by atoms with Crippen molar-refractivity contribution in [3.8, 4) is 0 Å². The van der Waals surface area contributed by atoms with Gasteiger partial charge in [-0.1, -0.05) is 31.9 Å². The molecule has 0 spiro atoms. The number of imidazole rings is 1. The number of ether oxygens (including phenoxy) is 1. The van der Waals surface area contributed by atoms with Crippen molar-refractivity contribution in [1.29, 1.82) is 0 Å². The first-order chi connectivity index (χ1) is 10.0. The molecule has 0 saturated carbocycles. The zero-order chi connectivity index (χ0) is 15.1. The Hall–Kier alpha value is -1.07. The smallest absolute Gasteiger partial charge is 0.167 e. The van der Waals surface area contributed by atoms with Gasteiger partial charge >= 0.3 is 0 Å². The van der Waals surface area contributed by atoms with Crippen molar-refractivity contribution in [2.24, 2.45) is 0 Å². The number of nitrogens with zero attached hydrogens (tertiary/aromatic N) is 4. The van der Waals surface area contributed by atoms with E-state index in [2.05, 4.69) is 46.8 Å². The van der Waals surface area contributed by atoms with Gasteiger partial charge in [-0.2, -0.15) is 0 Å². The zero-order valence-electron chi connectivity index (χ0n) is 10.5. The molecule has 21 heavy (non-hydrogen) atoms. The third-order valence-corrected chi connectivity index (χ3v) is 5.06. The maximum atomic E-state index is 10.2. The second kappa shape index (κ2) is 5.61. The summed E-state index contributed by atoms with van der Waals surface area (Å²) in [5.74, 6) is 0.241. The molecule has 3 rings (SSSR count). The lowest BCUT2D eigenvalue weighted by molar-refractivity contribution is -0.0249. The van der Waals surface area contributed by atoms with Crippen LogP contribution in [0.1, 0.15) is 6.23 Å². The number of nitrogen functional groups attached to an aromatic ring is 1. The number of halogens is 2. The lowest BCUT2D eigenvalue weighted by Crippen LogP contribution is -2.31. The summed E-state index contributed by atoms with van der Waals surface area (Å²) in [7, 11) is 0. The Kier molecular flexibility index (Phi) is 3.97. The van der Waals surface area contributed by atoms with Gasteiger partial charge in [-0.25, -0.2) is 15.0 Å². The highest BCUT2D eigenvalue weighted by atomic mass is 79.9. The summed E-state index contributed by atoms with van der Waals surface area (Å²) >= 11 is 6.42. The predicted molar refractivity (Wildman–Crippen MR) is 81.6 cm³/mol. The molecule has 1 fully saturated rings. The second-order valence-corrected chi connectivity index (χ2v) is 5.88. The summed E-state index contributed by atoms with van der Waals surface area (Å²) in [6, 6.07) is 0. The van der Waals surface area contributed by atoms with Crippen LogP contribution in [0.25, 0.3) is 11.2 Å². The van der Waals surface area contributed by atoms with Gasteiger partial charge in [0.15, 0.2) is 17.7 Å². The summed E-state index contributed by atoms with van der Waals surface area (Å²) < 4.78 is 7.81. The molecule has 10 heteroatoms. The van der Waals surface area contributed by atoms with Crippen molar-refractivity contribution in [1.82, 2.24) is 19.5 Å². The number of hydrogen-bond acceptors (Lipinski definition) is 7. The third kappa shape index (κ3) is 2.36. The van der Waals surface area contributed by atoms with Crippen LogP contribution in [-0.4, -0.2) is 48.0 Å². The predicted octanol–water partition coefficient (Wildman–Crippen LogP) is 0.659. The average Bonchev–Trinajstić information content (AvgIpc) is 3.02. The number of aliphatic hydroxyl groups excluding tert-OH is 2. The van der Waals surface area contributed by atoms with E-state index in [0.717, 1.165) is 0 Å². The van der Waals surface area contributed by atoms with E-state index in [1.54, 1.807) is 4.99 Å². The van der Waals surface area contributed by atoms with Crippen molar-refractivity contribution in [2.75, 3.05) is 5.73 Å². The Balaban J connectivity index is 2.02. The molecule has 0 aromatic carbocycles. The Bertz CT molecular complexity index is 706. The van der Waals surface area contributed by atoms with Gasteiger partial charge in [0.2, 0.25) is 0 Å². The highest BCUT2D eigenvalue weighted by Crippen LogP contribution is 2.36. The third-order valence-electron chi connectivity index (χ3n) is 3.28. The van der Waals surface area contributed by atoms with E-state index < -0.39 is 24.5 Å². The molecule has 0 amide bonds. The summed E-state index contributed by atoms with van der Waals surface area (Å²) in [6.07, 6.45) is -0.993. The van der Waals surface area contributed by atoms with Crippen LogP contribution in [0.15, 0.2) is 22.1 Å². The summed E-state index contributed by atoms with van der Waals surface area (Å²) in [4.78, 5) is 13.6. The minimum absolute atomic E-state index is 0.241. The SMILES string of the molecule is Nc1ncnc2c1ncn2[C@@H]1O[C@H](/C(Br)=C\Br)[C@@H](O)[C@H]1O. The monoisotopic (exact) mass is 419 g/mol. The second-order valence-electron chi connectivity index (χ2n) is 4.51. The van der Waals surface area contributed by atoms with Crippen LogP contribution in [0.4, 0.5) is 5.82 Å². The standard InChI is InChI=1S/C11H11Br2N5O3/c12-1-4(13)8-6(19)7(20)11(21-8)18-3-17-5-9(14)15-2-16-10(5)18/h1-3,6-8,11,19-20H,(H2,14,15,16)/b4-1+/t6-,7+,8+,11+/m0/s1. The van der Waals surface area contributed by atoms with Gasteiger partial charge in [-0.05, 0) is 4.99 Å². The minimum Gasteiger partial charge on any atom is -0.387 e. The first kappa shape index (κ1) is 14.9. The molecule has 0 unspecified atom stereocenters. The first-order valence-electron chi connectivity index (χ1n) is 5.95. The fourth-order valence-corrected chi connectivity index (χ4v) is 2.87. The molecule has 3 heterocycles. The van der Waals surface area contributed by atoms with E-state index in [-0.39, 0.29) is 5.82 Å². The molecule has 4 N–H and O–H groups in total. The van der Waals surface area contributed by atoms with Gasteiger partial charge in [-0.3, -0.25) is 4.57 Å². The van der Waals surface area contributed by atoms with Crippen molar-refractivity contribution in [3.05, 3.63) is 22.1 Å². The Morgan fingerprint density at radius 1 is 1.33 bits per heavy atom. The van der Waals surface area contributed by atoms with Crippen molar-refractivity contribution >= 4 is 48.8 Å². The van der Waals surface area contributed by atoms with Gasteiger partial charge in [0.05, 0.1) is 6.33 Å². The fourth-order valence-electron chi connectivity index (χ4n) is 2.24. The first-order valence-corrected chi connectivity index (χ1v) is 7.66. The van der Waals surface area contributed by atoms with Crippen LogP contribution < -0.4 is 5.73 Å². The summed E-state index contributed by atoms with van der Waals surface area (Å²) in [5, 5.41) is 20.3. The summed E-state index contributed by atoms with van der Waals surface area (Å²) in [5.41, 5.74) is 6.57. The molecule has 8 nitrogen and oxygen atoms in total. The van der Waals surface area contributed by atoms with E-state index in [0.29, 0.717) is 15.6 Å². The molecule has 112 valence electrons. The summed E-state index contributed by atoms with van der Waals surface area (Å²) in [6.45, 7) is 0.